The van der Waals surface area contributed by atoms with E-state index in [4.69, 9.17) is 0 Å². The fraction of sp³-hybridized carbons (Fsp3) is 0.444. The van der Waals surface area contributed by atoms with E-state index in [1.807, 2.05) is 41.0 Å². The Kier molecular flexibility index (Phi) is 4.76. The van der Waals surface area contributed by atoms with Gasteiger partial charge in [-0.1, -0.05) is 30.3 Å². The standard InChI is InChI=1S/C18H24N4O/c1-14-16(11-20-21(14)2)10-19-17-8-9-18(23)22(13-17)12-15-6-4-3-5-7-15/h3-7,11,17,19H,8-10,12-13H2,1-2H3. The Hall–Kier alpha value is -2.14. The van der Waals surface area contributed by atoms with Crippen LogP contribution in [0.2, 0.25) is 0 Å². The summed E-state index contributed by atoms with van der Waals surface area (Å²) in [6.07, 6.45) is 3.44. The van der Waals surface area contributed by atoms with Gasteiger partial charge < -0.3 is 10.2 Å². The molecule has 5 nitrogen and oxygen atoms in total. The Morgan fingerprint density at radius 1 is 1.30 bits per heavy atom. The summed E-state index contributed by atoms with van der Waals surface area (Å²) in [6, 6.07) is 10.5. The lowest BCUT2D eigenvalue weighted by molar-refractivity contribution is -0.134. The van der Waals surface area contributed by atoms with Crippen LogP contribution in [0.25, 0.3) is 0 Å². The van der Waals surface area contributed by atoms with Gasteiger partial charge in [-0.25, -0.2) is 0 Å². The third-order valence-electron chi connectivity index (χ3n) is 4.63. The minimum Gasteiger partial charge on any atom is -0.337 e. The van der Waals surface area contributed by atoms with Crippen molar-refractivity contribution in [3.63, 3.8) is 0 Å². The van der Waals surface area contributed by atoms with Crippen LogP contribution >= 0.6 is 0 Å². The van der Waals surface area contributed by atoms with Crippen molar-refractivity contribution in [3.05, 3.63) is 53.3 Å². The van der Waals surface area contributed by atoms with E-state index in [1.165, 1.54) is 16.8 Å². The molecule has 1 unspecified atom stereocenters. The second-order valence-electron chi connectivity index (χ2n) is 6.26. The number of aryl methyl sites for hydroxylation is 1. The average molecular weight is 312 g/mol. The third-order valence-corrected chi connectivity index (χ3v) is 4.63. The van der Waals surface area contributed by atoms with Crippen LogP contribution in [0.15, 0.2) is 36.5 Å². The van der Waals surface area contributed by atoms with Crippen molar-refractivity contribution in [1.82, 2.24) is 20.0 Å². The van der Waals surface area contributed by atoms with Crippen LogP contribution in [-0.4, -0.2) is 33.2 Å². The average Bonchev–Trinajstić information content (AvgIpc) is 2.88. The highest BCUT2D eigenvalue weighted by Gasteiger charge is 2.25. The highest BCUT2D eigenvalue weighted by molar-refractivity contribution is 5.77. The van der Waals surface area contributed by atoms with E-state index in [0.29, 0.717) is 19.0 Å². The molecule has 1 fully saturated rings. The second kappa shape index (κ2) is 6.96. The number of hydrogen-bond acceptors (Lipinski definition) is 3. The van der Waals surface area contributed by atoms with Crippen molar-refractivity contribution in [2.75, 3.05) is 6.54 Å². The van der Waals surface area contributed by atoms with Crippen LogP contribution in [-0.2, 0) is 24.9 Å². The Morgan fingerprint density at radius 2 is 2.09 bits per heavy atom. The first-order valence-corrected chi connectivity index (χ1v) is 8.16. The monoisotopic (exact) mass is 312 g/mol. The molecule has 2 heterocycles. The maximum atomic E-state index is 12.2. The number of piperidine rings is 1. The molecule has 1 saturated heterocycles. The molecule has 0 aliphatic carbocycles. The molecule has 0 saturated carbocycles. The zero-order valence-electron chi connectivity index (χ0n) is 13.8. The normalized spacial score (nSPS) is 18.4. The molecule has 1 aliphatic rings. The van der Waals surface area contributed by atoms with Gasteiger partial charge in [-0.3, -0.25) is 9.48 Å². The Balaban J connectivity index is 1.57. The van der Waals surface area contributed by atoms with Crippen LogP contribution in [0.4, 0.5) is 0 Å². The first-order chi connectivity index (χ1) is 11.1. The van der Waals surface area contributed by atoms with Crippen molar-refractivity contribution in [2.45, 2.75) is 38.9 Å². The van der Waals surface area contributed by atoms with E-state index in [9.17, 15) is 4.79 Å². The lowest BCUT2D eigenvalue weighted by atomic mass is 10.0. The van der Waals surface area contributed by atoms with E-state index in [-0.39, 0.29) is 5.91 Å². The molecule has 2 aromatic rings. The van der Waals surface area contributed by atoms with Gasteiger partial charge in [0.25, 0.3) is 0 Å². The summed E-state index contributed by atoms with van der Waals surface area (Å²) in [5.74, 6) is 0.254. The van der Waals surface area contributed by atoms with Crippen LogP contribution in [0.3, 0.4) is 0 Å². The van der Waals surface area contributed by atoms with Crippen LogP contribution in [0, 0.1) is 6.92 Å². The van der Waals surface area contributed by atoms with E-state index < -0.39 is 0 Å². The first kappa shape index (κ1) is 15.7. The van der Waals surface area contributed by atoms with Gasteiger partial charge in [0.2, 0.25) is 5.91 Å². The van der Waals surface area contributed by atoms with Crippen LogP contribution < -0.4 is 5.32 Å². The summed E-state index contributed by atoms with van der Waals surface area (Å²) in [5, 5.41) is 7.86. The predicted octanol–water partition coefficient (Wildman–Crippen LogP) is 2.01. The van der Waals surface area contributed by atoms with E-state index in [0.717, 1.165) is 19.5 Å². The molecule has 0 spiro atoms. The lowest BCUT2D eigenvalue weighted by Gasteiger charge is -2.33. The fourth-order valence-electron chi connectivity index (χ4n) is 3.01. The first-order valence-electron chi connectivity index (χ1n) is 8.16. The van der Waals surface area contributed by atoms with E-state index in [1.54, 1.807) is 0 Å². The molecule has 1 aromatic carbocycles. The van der Waals surface area contributed by atoms with Crippen molar-refractivity contribution in [2.24, 2.45) is 7.05 Å². The number of aromatic nitrogens is 2. The quantitative estimate of drug-likeness (QED) is 0.919. The minimum absolute atomic E-state index is 0.254. The number of hydrogen-bond donors (Lipinski definition) is 1. The fourth-order valence-corrected chi connectivity index (χ4v) is 3.01. The summed E-state index contributed by atoms with van der Waals surface area (Å²) in [4.78, 5) is 14.1. The van der Waals surface area contributed by atoms with Gasteiger partial charge in [0.15, 0.2) is 0 Å². The molecule has 122 valence electrons. The third kappa shape index (κ3) is 3.79. The molecule has 5 heteroatoms. The van der Waals surface area contributed by atoms with Crippen molar-refractivity contribution < 1.29 is 4.79 Å². The van der Waals surface area contributed by atoms with Crippen molar-refractivity contribution in [1.29, 1.82) is 0 Å². The number of nitrogens with one attached hydrogen (secondary N) is 1. The zero-order chi connectivity index (χ0) is 16.2. The maximum Gasteiger partial charge on any atom is 0.222 e. The number of carbonyl (C=O) groups is 1. The summed E-state index contributed by atoms with van der Waals surface area (Å²) in [5.41, 5.74) is 3.59. The molecule has 1 N–H and O–H groups in total. The molecule has 0 radical (unpaired) electrons. The highest BCUT2D eigenvalue weighted by Crippen LogP contribution is 2.16. The topological polar surface area (TPSA) is 50.2 Å². The SMILES string of the molecule is Cc1c(CNC2CCC(=O)N(Cc3ccccc3)C2)cnn1C. The number of carbonyl (C=O) groups excluding carboxylic acids is 1. The predicted molar refractivity (Wildman–Crippen MR) is 89.7 cm³/mol. The molecular weight excluding hydrogens is 288 g/mol. The number of benzene rings is 1. The minimum atomic E-state index is 0.254. The number of rotatable bonds is 5. The highest BCUT2D eigenvalue weighted by atomic mass is 16.2. The van der Waals surface area contributed by atoms with Crippen LogP contribution in [0.1, 0.15) is 29.7 Å². The molecule has 1 atom stereocenters. The van der Waals surface area contributed by atoms with E-state index >= 15 is 0 Å². The Morgan fingerprint density at radius 3 is 2.78 bits per heavy atom. The Labute approximate surface area is 137 Å². The van der Waals surface area contributed by atoms with Crippen LogP contribution in [0.5, 0.6) is 0 Å². The number of likely N-dealkylation sites (tertiary alicyclic amines) is 1. The number of amides is 1. The zero-order valence-corrected chi connectivity index (χ0v) is 13.8. The Bertz CT molecular complexity index is 665. The molecular formula is C18H24N4O. The lowest BCUT2D eigenvalue weighted by Crippen LogP contribution is -2.47. The summed E-state index contributed by atoms with van der Waals surface area (Å²) in [7, 11) is 1.96. The van der Waals surface area contributed by atoms with Gasteiger partial charge in [0.1, 0.15) is 0 Å². The summed E-state index contributed by atoms with van der Waals surface area (Å²) < 4.78 is 1.89. The van der Waals surface area contributed by atoms with Gasteiger partial charge in [-0.2, -0.15) is 5.10 Å². The molecule has 23 heavy (non-hydrogen) atoms. The maximum absolute atomic E-state index is 12.2. The molecule has 1 aliphatic heterocycles. The van der Waals surface area contributed by atoms with Gasteiger partial charge in [0, 0.05) is 50.4 Å². The largest absolute Gasteiger partial charge is 0.337 e. The second-order valence-corrected chi connectivity index (χ2v) is 6.26. The number of nitrogens with zero attached hydrogens (tertiary/aromatic N) is 3. The summed E-state index contributed by atoms with van der Waals surface area (Å²) in [6.45, 7) is 4.35. The van der Waals surface area contributed by atoms with Crippen molar-refractivity contribution >= 4 is 5.91 Å². The van der Waals surface area contributed by atoms with Gasteiger partial charge in [-0.15, -0.1) is 0 Å². The molecule has 1 amide bonds. The van der Waals surface area contributed by atoms with Crippen molar-refractivity contribution in [3.8, 4) is 0 Å². The molecule has 1 aromatic heterocycles. The molecule has 0 bridgehead atoms. The smallest absolute Gasteiger partial charge is 0.222 e. The van der Waals surface area contributed by atoms with Gasteiger partial charge in [0.05, 0.1) is 6.20 Å². The van der Waals surface area contributed by atoms with Gasteiger partial charge in [-0.05, 0) is 18.9 Å². The molecule has 3 rings (SSSR count). The van der Waals surface area contributed by atoms with Gasteiger partial charge >= 0.3 is 0 Å². The van der Waals surface area contributed by atoms with E-state index in [2.05, 4.69) is 29.5 Å². The summed E-state index contributed by atoms with van der Waals surface area (Å²) >= 11 is 0.